The second-order valence-electron chi connectivity index (χ2n) is 5.75. The van der Waals surface area contributed by atoms with Crippen LogP contribution in [0.5, 0.6) is 0 Å². The topological polar surface area (TPSA) is 45.2 Å². The van der Waals surface area contributed by atoms with E-state index in [-0.39, 0.29) is 5.91 Å². The summed E-state index contributed by atoms with van der Waals surface area (Å²) >= 11 is 1.58. The third kappa shape index (κ3) is 2.11. The van der Waals surface area contributed by atoms with E-state index in [9.17, 15) is 4.79 Å². The number of piperidine rings is 3. The normalized spacial score (nSPS) is 28.7. The second-order valence-corrected chi connectivity index (χ2v) is 6.64. The molecule has 3 aliphatic rings. The fraction of sp³-hybridized carbons (Fsp3) is 0.467. The molecule has 1 amide bonds. The fourth-order valence-corrected chi connectivity index (χ4v) is 4.09. The van der Waals surface area contributed by atoms with Crippen LogP contribution in [0, 0.1) is 5.92 Å². The predicted octanol–water partition coefficient (Wildman–Crippen LogP) is 2.12. The number of hydrogen-bond donors (Lipinski definition) is 1. The zero-order chi connectivity index (χ0) is 13.5. The van der Waals surface area contributed by atoms with Crippen molar-refractivity contribution in [3.05, 3.63) is 29.3 Å². The molecule has 3 fully saturated rings. The summed E-state index contributed by atoms with van der Waals surface area (Å²) in [5, 5.41) is 3.23. The van der Waals surface area contributed by atoms with Crippen LogP contribution in [0.1, 0.15) is 23.2 Å². The molecule has 4 heterocycles. The molecule has 4 nitrogen and oxygen atoms in total. The summed E-state index contributed by atoms with van der Waals surface area (Å²) in [4.78, 5) is 19.1. The van der Waals surface area contributed by atoms with Gasteiger partial charge >= 0.3 is 0 Å². The molecule has 0 unspecified atom stereocenters. The van der Waals surface area contributed by atoms with Gasteiger partial charge in [-0.05, 0) is 50.0 Å². The fourth-order valence-electron chi connectivity index (χ4n) is 3.38. The van der Waals surface area contributed by atoms with Gasteiger partial charge in [0.15, 0.2) is 0 Å². The average Bonchev–Trinajstić information content (AvgIpc) is 2.96. The van der Waals surface area contributed by atoms with Crippen molar-refractivity contribution >= 4 is 27.5 Å². The van der Waals surface area contributed by atoms with Gasteiger partial charge in [0.25, 0.3) is 5.91 Å². The van der Waals surface area contributed by atoms with Gasteiger partial charge in [0, 0.05) is 18.2 Å². The molecule has 1 aromatic carbocycles. The molecule has 104 valence electrons. The van der Waals surface area contributed by atoms with E-state index in [1.165, 1.54) is 25.9 Å². The number of benzene rings is 1. The summed E-state index contributed by atoms with van der Waals surface area (Å²) in [5.41, 5.74) is 3.53. The van der Waals surface area contributed by atoms with Gasteiger partial charge in [0.2, 0.25) is 0 Å². The smallest absolute Gasteiger partial charge is 0.251 e. The highest BCUT2D eigenvalue weighted by molar-refractivity contribution is 7.16. The molecular formula is C15H17N3OS. The average molecular weight is 287 g/mol. The molecule has 2 bridgehead atoms. The maximum Gasteiger partial charge on any atom is 0.251 e. The van der Waals surface area contributed by atoms with Crippen molar-refractivity contribution in [3.63, 3.8) is 0 Å². The zero-order valence-corrected chi connectivity index (χ0v) is 12.0. The molecule has 0 spiro atoms. The van der Waals surface area contributed by atoms with Crippen LogP contribution in [0.2, 0.25) is 0 Å². The third-order valence-electron chi connectivity index (χ3n) is 4.57. The van der Waals surface area contributed by atoms with Gasteiger partial charge in [-0.3, -0.25) is 4.79 Å². The molecule has 0 radical (unpaired) electrons. The molecule has 2 aromatic rings. The van der Waals surface area contributed by atoms with Gasteiger partial charge in [-0.1, -0.05) is 0 Å². The van der Waals surface area contributed by atoms with Crippen molar-refractivity contribution in [3.8, 4) is 0 Å². The Morgan fingerprint density at radius 1 is 1.35 bits per heavy atom. The van der Waals surface area contributed by atoms with Crippen molar-refractivity contribution in [2.24, 2.45) is 5.92 Å². The Bertz CT molecular complexity index is 645. The van der Waals surface area contributed by atoms with Crippen molar-refractivity contribution in [1.82, 2.24) is 15.2 Å². The van der Waals surface area contributed by atoms with Crippen LogP contribution in [-0.4, -0.2) is 41.5 Å². The Kier molecular flexibility index (Phi) is 2.97. The van der Waals surface area contributed by atoms with Crippen molar-refractivity contribution in [2.75, 3.05) is 19.6 Å². The van der Waals surface area contributed by atoms with E-state index < -0.39 is 0 Å². The van der Waals surface area contributed by atoms with Crippen LogP contribution in [0.4, 0.5) is 0 Å². The number of carbonyl (C=O) groups excluding carboxylic acids is 1. The lowest BCUT2D eigenvalue weighted by Gasteiger charge is -2.44. The maximum absolute atomic E-state index is 12.4. The quantitative estimate of drug-likeness (QED) is 0.920. The number of aromatic nitrogens is 1. The van der Waals surface area contributed by atoms with Gasteiger partial charge in [0.05, 0.1) is 15.7 Å². The SMILES string of the molecule is O=C(N[C@@H]1CN2CCC1CC2)c1ccc2ncsc2c1. The Balaban J connectivity index is 1.52. The molecule has 1 N–H and O–H groups in total. The summed E-state index contributed by atoms with van der Waals surface area (Å²) < 4.78 is 1.08. The van der Waals surface area contributed by atoms with Crippen LogP contribution in [0.15, 0.2) is 23.7 Å². The first-order chi connectivity index (χ1) is 9.79. The minimum absolute atomic E-state index is 0.0547. The Morgan fingerprint density at radius 3 is 2.95 bits per heavy atom. The van der Waals surface area contributed by atoms with Crippen LogP contribution in [-0.2, 0) is 0 Å². The van der Waals surface area contributed by atoms with Crippen LogP contribution < -0.4 is 5.32 Å². The van der Waals surface area contributed by atoms with E-state index in [0.29, 0.717) is 12.0 Å². The summed E-state index contributed by atoms with van der Waals surface area (Å²) in [6.45, 7) is 3.41. The van der Waals surface area contributed by atoms with Crippen LogP contribution >= 0.6 is 11.3 Å². The lowest BCUT2D eigenvalue weighted by Crippen LogP contribution is -2.57. The molecular weight excluding hydrogens is 270 g/mol. The molecule has 0 saturated carbocycles. The number of nitrogens with zero attached hydrogens (tertiary/aromatic N) is 2. The minimum atomic E-state index is 0.0547. The summed E-state index contributed by atoms with van der Waals surface area (Å²) in [7, 11) is 0. The molecule has 3 aliphatic heterocycles. The zero-order valence-electron chi connectivity index (χ0n) is 11.2. The standard InChI is InChI=1S/C15H17N3OS/c19-15(11-1-2-12-14(7-11)20-9-16-12)17-13-8-18-5-3-10(13)4-6-18/h1-2,7,9-10,13H,3-6,8H2,(H,17,19)/t13-/m1/s1. The number of thiazole rings is 1. The van der Waals surface area contributed by atoms with Gasteiger partial charge in [-0.25, -0.2) is 4.98 Å². The first-order valence-corrected chi connectivity index (χ1v) is 8.04. The lowest BCUT2D eigenvalue weighted by molar-refractivity contribution is 0.0620. The highest BCUT2D eigenvalue weighted by atomic mass is 32.1. The summed E-state index contributed by atoms with van der Waals surface area (Å²) in [6.07, 6.45) is 2.44. The van der Waals surface area contributed by atoms with E-state index in [1.807, 2.05) is 23.7 Å². The van der Waals surface area contributed by atoms with E-state index in [4.69, 9.17) is 0 Å². The van der Waals surface area contributed by atoms with Crippen molar-refractivity contribution in [1.29, 1.82) is 0 Å². The molecule has 0 aliphatic carbocycles. The minimum Gasteiger partial charge on any atom is -0.348 e. The first-order valence-electron chi connectivity index (χ1n) is 7.16. The van der Waals surface area contributed by atoms with Gasteiger partial charge in [0.1, 0.15) is 0 Å². The largest absolute Gasteiger partial charge is 0.348 e. The second kappa shape index (κ2) is 4.82. The monoisotopic (exact) mass is 287 g/mol. The van der Waals surface area contributed by atoms with Crippen LogP contribution in [0.25, 0.3) is 10.2 Å². The lowest BCUT2D eigenvalue weighted by atomic mass is 9.84. The number of fused-ring (bicyclic) bond motifs is 4. The molecule has 1 aromatic heterocycles. The first kappa shape index (κ1) is 12.3. The third-order valence-corrected chi connectivity index (χ3v) is 5.36. The molecule has 5 heteroatoms. The van der Waals surface area contributed by atoms with Gasteiger partial charge in [-0.15, -0.1) is 11.3 Å². The number of carbonyl (C=O) groups is 1. The number of amides is 1. The number of hydrogen-bond acceptors (Lipinski definition) is 4. The highest BCUT2D eigenvalue weighted by Gasteiger charge is 2.34. The molecule has 3 saturated heterocycles. The number of rotatable bonds is 2. The van der Waals surface area contributed by atoms with Gasteiger partial charge in [-0.2, -0.15) is 0 Å². The molecule has 5 rings (SSSR count). The van der Waals surface area contributed by atoms with Gasteiger partial charge < -0.3 is 10.2 Å². The Morgan fingerprint density at radius 2 is 2.20 bits per heavy atom. The molecule has 1 atom stereocenters. The van der Waals surface area contributed by atoms with E-state index in [2.05, 4.69) is 15.2 Å². The Labute approximate surface area is 121 Å². The highest BCUT2D eigenvalue weighted by Crippen LogP contribution is 2.28. The van der Waals surface area contributed by atoms with Crippen molar-refractivity contribution in [2.45, 2.75) is 18.9 Å². The van der Waals surface area contributed by atoms with Crippen LogP contribution in [0.3, 0.4) is 0 Å². The number of nitrogens with one attached hydrogen (secondary N) is 1. The summed E-state index contributed by atoms with van der Waals surface area (Å²) in [5.74, 6) is 0.718. The van der Waals surface area contributed by atoms with E-state index in [1.54, 1.807) is 11.3 Å². The Hall–Kier alpha value is -1.46. The maximum atomic E-state index is 12.4. The predicted molar refractivity (Wildman–Crippen MR) is 80.0 cm³/mol. The summed E-state index contributed by atoms with van der Waals surface area (Å²) in [6, 6.07) is 6.07. The van der Waals surface area contributed by atoms with Crippen molar-refractivity contribution < 1.29 is 4.79 Å². The van der Waals surface area contributed by atoms with E-state index in [0.717, 1.165) is 22.3 Å². The van der Waals surface area contributed by atoms with E-state index >= 15 is 0 Å². The molecule has 20 heavy (non-hydrogen) atoms.